The van der Waals surface area contributed by atoms with Crippen LogP contribution >= 0.6 is 0 Å². The summed E-state index contributed by atoms with van der Waals surface area (Å²) in [6, 6.07) is 8.10. The Morgan fingerprint density at radius 1 is 1.28 bits per heavy atom. The second kappa shape index (κ2) is 9.66. The maximum absolute atomic E-state index is 12.7. The van der Waals surface area contributed by atoms with Crippen LogP contribution < -0.4 is 11.1 Å². The van der Waals surface area contributed by atoms with Gasteiger partial charge in [-0.25, -0.2) is 9.78 Å². The molecule has 0 radical (unpaired) electrons. The van der Waals surface area contributed by atoms with Gasteiger partial charge in [-0.1, -0.05) is 12.1 Å². The number of nitrogens with zero attached hydrogens (tertiary/aromatic N) is 3. The van der Waals surface area contributed by atoms with E-state index in [1.54, 1.807) is 5.06 Å². The van der Waals surface area contributed by atoms with Gasteiger partial charge < -0.3 is 20.9 Å². The minimum atomic E-state index is -0.784. The number of piperidine rings is 1. The van der Waals surface area contributed by atoms with Crippen LogP contribution in [0.4, 0.5) is 10.5 Å². The average molecular weight is 435 g/mol. The van der Waals surface area contributed by atoms with Crippen LogP contribution in [-0.4, -0.2) is 40.1 Å². The number of primary amides is 1. The lowest BCUT2D eigenvalue weighted by Gasteiger charge is -2.30. The van der Waals surface area contributed by atoms with Gasteiger partial charge in [-0.2, -0.15) is 5.26 Å². The SMILES string of the molecule is N#Cc1cnc(C(=O)Nc2ccc(C3CCN(OC(N)=O)CC3)cc2C2=CCCCC2)[nH]1. The lowest BCUT2D eigenvalue weighted by atomic mass is 9.86. The fourth-order valence-corrected chi connectivity index (χ4v) is 4.36. The maximum atomic E-state index is 12.7. The molecule has 4 rings (SSSR count). The van der Waals surface area contributed by atoms with E-state index < -0.39 is 6.09 Å². The minimum Gasteiger partial charge on any atom is -0.351 e. The molecule has 4 N–H and O–H groups in total. The predicted octanol–water partition coefficient (Wildman–Crippen LogP) is 3.68. The van der Waals surface area contributed by atoms with Gasteiger partial charge in [0.1, 0.15) is 11.8 Å². The van der Waals surface area contributed by atoms with Crippen molar-refractivity contribution in [1.82, 2.24) is 15.0 Å². The summed E-state index contributed by atoms with van der Waals surface area (Å²) in [6.45, 7) is 1.26. The van der Waals surface area contributed by atoms with Crippen LogP contribution in [0.5, 0.6) is 0 Å². The van der Waals surface area contributed by atoms with Crippen LogP contribution in [0.2, 0.25) is 0 Å². The zero-order valence-corrected chi connectivity index (χ0v) is 17.8. The van der Waals surface area contributed by atoms with Crippen molar-refractivity contribution in [2.75, 3.05) is 18.4 Å². The average Bonchev–Trinajstić information content (AvgIpc) is 3.30. The number of aromatic nitrogens is 2. The quantitative estimate of drug-likeness (QED) is 0.656. The van der Waals surface area contributed by atoms with Crippen LogP contribution in [0.3, 0.4) is 0 Å². The highest BCUT2D eigenvalue weighted by Crippen LogP contribution is 2.36. The van der Waals surface area contributed by atoms with Gasteiger partial charge in [0.15, 0.2) is 5.82 Å². The fraction of sp³-hybridized carbons (Fsp3) is 0.391. The van der Waals surface area contributed by atoms with Crippen molar-refractivity contribution in [2.24, 2.45) is 5.73 Å². The van der Waals surface area contributed by atoms with Gasteiger partial charge >= 0.3 is 6.09 Å². The van der Waals surface area contributed by atoms with Gasteiger partial charge in [0.05, 0.1) is 6.20 Å². The highest BCUT2D eigenvalue weighted by molar-refractivity contribution is 6.03. The molecule has 1 aliphatic carbocycles. The molecule has 9 heteroatoms. The van der Waals surface area contributed by atoms with Crippen LogP contribution in [0.15, 0.2) is 30.5 Å². The summed E-state index contributed by atoms with van der Waals surface area (Å²) < 4.78 is 0. The van der Waals surface area contributed by atoms with Gasteiger partial charge in [-0.3, -0.25) is 4.79 Å². The normalized spacial score (nSPS) is 17.3. The number of amides is 2. The van der Waals surface area contributed by atoms with Gasteiger partial charge in [-0.05, 0) is 67.7 Å². The van der Waals surface area contributed by atoms with Crippen LogP contribution in [0, 0.1) is 11.3 Å². The Hall–Kier alpha value is -3.64. The summed E-state index contributed by atoms with van der Waals surface area (Å²) in [5.74, 6) is 0.0588. The molecule has 0 bridgehead atoms. The molecule has 166 valence electrons. The first-order valence-electron chi connectivity index (χ1n) is 10.9. The Bertz CT molecular complexity index is 1080. The van der Waals surface area contributed by atoms with Crippen molar-refractivity contribution in [3.05, 3.63) is 53.1 Å². The minimum absolute atomic E-state index is 0.107. The summed E-state index contributed by atoms with van der Waals surface area (Å²) in [5.41, 5.74) is 9.55. The number of H-pyrrole nitrogens is 1. The Morgan fingerprint density at radius 2 is 2.09 bits per heavy atom. The third-order valence-corrected chi connectivity index (χ3v) is 5.98. The van der Waals surface area contributed by atoms with Crippen LogP contribution in [0.25, 0.3) is 5.57 Å². The summed E-state index contributed by atoms with van der Waals surface area (Å²) in [7, 11) is 0. The second-order valence-electron chi connectivity index (χ2n) is 8.11. The third kappa shape index (κ3) is 4.98. The van der Waals surface area contributed by atoms with Crippen molar-refractivity contribution in [2.45, 2.75) is 44.4 Å². The molecular weight excluding hydrogens is 408 g/mol. The molecule has 2 aliphatic rings. The van der Waals surface area contributed by atoms with E-state index in [9.17, 15) is 9.59 Å². The van der Waals surface area contributed by atoms with Crippen molar-refractivity contribution in [3.63, 3.8) is 0 Å². The number of allylic oxidation sites excluding steroid dienone is 2. The monoisotopic (exact) mass is 434 g/mol. The zero-order chi connectivity index (χ0) is 22.5. The first kappa shape index (κ1) is 21.6. The highest BCUT2D eigenvalue weighted by Gasteiger charge is 2.24. The molecule has 0 spiro atoms. The fourth-order valence-electron chi connectivity index (χ4n) is 4.36. The first-order valence-corrected chi connectivity index (χ1v) is 10.9. The Balaban J connectivity index is 1.56. The topological polar surface area (TPSA) is 137 Å². The van der Waals surface area contributed by atoms with Crippen LogP contribution in [-0.2, 0) is 4.84 Å². The number of rotatable bonds is 5. The number of hydrogen-bond donors (Lipinski definition) is 3. The van der Waals surface area contributed by atoms with Gasteiger partial charge in [-0.15, -0.1) is 5.06 Å². The number of hydroxylamine groups is 2. The van der Waals surface area contributed by atoms with Gasteiger partial charge in [0, 0.05) is 24.3 Å². The van der Waals surface area contributed by atoms with Gasteiger partial charge in [0.25, 0.3) is 5.91 Å². The lowest BCUT2D eigenvalue weighted by molar-refractivity contribution is -0.110. The molecule has 1 fully saturated rings. The molecular formula is C23H26N6O3. The number of aromatic amines is 1. The molecule has 1 saturated heterocycles. The summed E-state index contributed by atoms with van der Waals surface area (Å²) in [4.78, 5) is 35.4. The standard InChI is InChI=1S/C23H26N6O3/c24-13-18-14-26-21(27-18)22(30)28-20-7-6-17(12-19(20)16-4-2-1-3-5-16)15-8-10-29(11-9-15)32-23(25)31/h4,6-7,12,14-15H,1-3,5,8-11H2,(H2,25,31)(H,26,27)(H,28,30). The molecule has 9 nitrogen and oxygen atoms in total. The van der Waals surface area contributed by atoms with E-state index in [0.717, 1.165) is 43.4 Å². The van der Waals surface area contributed by atoms with E-state index in [0.29, 0.717) is 19.0 Å². The van der Waals surface area contributed by atoms with E-state index in [1.165, 1.54) is 23.8 Å². The molecule has 2 amide bonds. The van der Waals surface area contributed by atoms with E-state index >= 15 is 0 Å². The number of nitrogens with one attached hydrogen (secondary N) is 2. The Kier molecular flexibility index (Phi) is 6.52. The molecule has 0 atom stereocenters. The van der Waals surface area contributed by atoms with E-state index in [2.05, 4.69) is 27.4 Å². The van der Waals surface area contributed by atoms with E-state index in [-0.39, 0.29) is 17.4 Å². The molecule has 0 saturated carbocycles. The highest BCUT2D eigenvalue weighted by atomic mass is 16.7. The second-order valence-corrected chi connectivity index (χ2v) is 8.11. The van der Waals surface area contributed by atoms with E-state index in [4.69, 9.17) is 15.8 Å². The van der Waals surface area contributed by atoms with Crippen molar-refractivity contribution in [3.8, 4) is 6.07 Å². The molecule has 1 aromatic carbocycles. The number of hydrogen-bond acceptors (Lipinski definition) is 6. The first-order chi connectivity index (χ1) is 15.5. The summed E-state index contributed by atoms with van der Waals surface area (Å²) in [6.07, 6.45) is 8.80. The Morgan fingerprint density at radius 3 is 2.75 bits per heavy atom. The maximum Gasteiger partial charge on any atom is 0.423 e. The molecule has 32 heavy (non-hydrogen) atoms. The van der Waals surface area contributed by atoms with Crippen molar-refractivity contribution < 1.29 is 14.4 Å². The molecule has 1 aliphatic heterocycles. The van der Waals surface area contributed by atoms with Crippen molar-refractivity contribution in [1.29, 1.82) is 5.26 Å². The lowest BCUT2D eigenvalue weighted by Crippen LogP contribution is -2.36. The van der Waals surface area contributed by atoms with Gasteiger partial charge in [0.2, 0.25) is 0 Å². The Labute approximate surface area is 186 Å². The van der Waals surface area contributed by atoms with Crippen LogP contribution in [0.1, 0.15) is 71.9 Å². The number of nitrogens with two attached hydrogens (primary N) is 1. The number of anilines is 1. The molecule has 2 heterocycles. The predicted molar refractivity (Wildman–Crippen MR) is 118 cm³/mol. The van der Waals surface area contributed by atoms with Crippen molar-refractivity contribution >= 4 is 23.3 Å². The number of carbonyl (C=O) groups excluding carboxylic acids is 2. The number of imidazole rings is 1. The summed E-state index contributed by atoms with van der Waals surface area (Å²) in [5, 5.41) is 13.5. The molecule has 0 unspecified atom stereocenters. The molecule has 1 aromatic heterocycles. The molecule has 2 aromatic rings. The zero-order valence-electron chi connectivity index (χ0n) is 17.8. The largest absolute Gasteiger partial charge is 0.423 e. The smallest absolute Gasteiger partial charge is 0.351 e. The third-order valence-electron chi connectivity index (χ3n) is 5.98. The summed E-state index contributed by atoms with van der Waals surface area (Å²) >= 11 is 0. The number of carbonyl (C=O) groups is 2. The number of nitriles is 1. The van der Waals surface area contributed by atoms with E-state index in [1.807, 2.05) is 18.2 Å². The number of benzene rings is 1.